The highest BCUT2D eigenvalue weighted by molar-refractivity contribution is 7.10. The molecule has 12 heteroatoms. The largest absolute Gasteiger partial charge is 0.478 e. The topological polar surface area (TPSA) is 107 Å². The second kappa shape index (κ2) is 10.5. The van der Waals surface area contributed by atoms with Crippen LogP contribution in [0.4, 0.5) is 10.5 Å². The summed E-state index contributed by atoms with van der Waals surface area (Å²) in [5.41, 5.74) is 2.00. The molecule has 4 heterocycles. The number of likely N-dealkylation sites (tertiary alicyclic amines) is 1. The van der Waals surface area contributed by atoms with Crippen LogP contribution in [0.3, 0.4) is 0 Å². The Hall–Kier alpha value is -3.83. The van der Waals surface area contributed by atoms with Gasteiger partial charge in [0.15, 0.2) is 0 Å². The third-order valence-corrected chi connectivity index (χ3v) is 9.08. The number of aromatic nitrogens is 2. The van der Waals surface area contributed by atoms with E-state index in [4.69, 9.17) is 23.2 Å². The number of carboxylic acids is 1. The summed E-state index contributed by atoms with van der Waals surface area (Å²) < 4.78 is 0. The van der Waals surface area contributed by atoms with Crippen LogP contribution >= 0.6 is 34.5 Å². The van der Waals surface area contributed by atoms with E-state index >= 15 is 0 Å². The Kier molecular flexibility index (Phi) is 7.03. The quantitative estimate of drug-likeness (QED) is 0.282. The fraction of sp³-hybridized carbons (Fsp3) is 0.207. The fourth-order valence-corrected chi connectivity index (χ4v) is 7.19. The van der Waals surface area contributed by atoms with E-state index < -0.39 is 17.5 Å². The van der Waals surface area contributed by atoms with E-state index in [1.807, 2.05) is 24.3 Å². The van der Waals surface area contributed by atoms with Crippen LogP contribution in [0, 0.1) is 0 Å². The van der Waals surface area contributed by atoms with Gasteiger partial charge < -0.3 is 10.0 Å². The van der Waals surface area contributed by atoms with Gasteiger partial charge in [-0.3, -0.25) is 9.69 Å². The number of carbonyl (C=O) groups excluding carboxylic acids is 2. The van der Waals surface area contributed by atoms with Crippen molar-refractivity contribution < 1.29 is 19.5 Å². The predicted molar refractivity (Wildman–Crippen MR) is 157 cm³/mol. The van der Waals surface area contributed by atoms with Crippen molar-refractivity contribution in [2.75, 3.05) is 25.0 Å². The first kappa shape index (κ1) is 27.3. The van der Waals surface area contributed by atoms with Crippen LogP contribution in [0.15, 0.2) is 72.6 Å². The molecule has 2 aliphatic heterocycles. The Morgan fingerprint density at radius 1 is 1.05 bits per heavy atom. The first-order valence-corrected chi connectivity index (χ1v) is 14.3. The number of anilines is 1. The highest BCUT2D eigenvalue weighted by Gasteiger charge is 2.64. The molecule has 2 fully saturated rings. The molecule has 208 valence electrons. The van der Waals surface area contributed by atoms with Gasteiger partial charge in [0.25, 0.3) is 5.91 Å². The van der Waals surface area contributed by atoms with Crippen LogP contribution in [-0.2, 0) is 11.3 Å². The molecule has 9 nitrogen and oxygen atoms in total. The minimum Gasteiger partial charge on any atom is -0.478 e. The summed E-state index contributed by atoms with van der Waals surface area (Å²) in [6.45, 7) is 1.17. The van der Waals surface area contributed by atoms with E-state index in [0.717, 1.165) is 26.5 Å². The highest BCUT2D eigenvalue weighted by Crippen LogP contribution is 2.47. The lowest BCUT2D eigenvalue weighted by atomic mass is 9.80. The summed E-state index contributed by atoms with van der Waals surface area (Å²) in [4.78, 5) is 53.3. The second-order valence-electron chi connectivity index (χ2n) is 10.1. The Balaban J connectivity index is 1.40. The number of hydrogen-bond acceptors (Lipinski definition) is 7. The molecule has 2 aromatic carbocycles. The number of imide groups is 1. The van der Waals surface area contributed by atoms with Gasteiger partial charge in [0.1, 0.15) is 11.9 Å². The average Bonchev–Trinajstić information content (AvgIpc) is 3.63. The van der Waals surface area contributed by atoms with Crippen LogP contribution in [-0.4, -0.2) is 68.5 Å². The number of benzene rings is 2. The van der Waals surface area contributed by atoms with E-state index in [0.29, 0.717) is 28.8 Å². The van der Waals surface area contributed by atoms with Gasteiger partial charge in [-0.05, 0) is 35.4 Å². The third-order valence-electron chi connectivity index (χ3n) is 7.72. The minimum atomic E-state index is -1.21. The SMILES string of the molecule is CN1C(=O)N(c2cc(Cl)cc(Cl)c2)C(=O)[C@]12CN(Cc1cc(C(=O)O)cs1)CC2c1ccc(-c2cncnc2)cc1. The number of hydrogen-bond donors (Lipinski definition) is 1. The van der Waals surface area contributed by atoms with Gasteiger partial charge >= 0.3 is 12.0 Å². The van der Waals surface area contributed by atoms with E-state index in [1.54, 1.807) is 49.1 Å². The normalized spacial score (nSPS) is 20.9. The number of amides is 3. The van der Waals surface area contributed by atoms with Crippen LogP contribution in [0.1, 0.15) is 26.7 Å². The number of rotatable bonds is 6. The lowest BCUT2D eigenvalue weighted by molar-refractivity contribution is -0.124. The van der Waals surface area contributed by atoms with Gasteiger partial charge in [0.2, 0.25) is 0 Å². The summed E-state index contributed by atoms with van der Waals surface area (Å²) in [7, 11) is 1.65. The Morgan fingerprint density at radius 3 is 2.37 bits per heavy atom. The van der Waals surface area contributed by atoms with Crippen molar-refractivity contribution in [2.45, 2.75) is 18.0 Å². The van der Waals surface area contributed by atoms with E-state index in [2.05, 4.69) is 14.9 Å². The number of nitrogens with zero attached hydrogens (tertiary/aromatic N) is 5. The summed E-state index contributed by atoms with van der Waals surface area (Å²) in [6, 6.07) is 13.7. The maximum atomic E-state index is 14.4. The zero-order chi connectivity index (χ0) is 28.9. The zero-order valence-electron chi connectivity index (χ0n) is 21.7. The van der Waals surface area contributed by atoms with Crippen molar-refractivity contribution in [1.82, 2.24) is 19.8 Å². The van der Waals surface area contributed by atoms with Crippen molar-refractivity contribution >= 4 is 58.1 Å². The van der Waals surface area contributed by atoms with E-state index in [-0.39, 0.29) is 23.9 Å². The third kappa shape index (κ3) is 4.76. The van der Waals surface area contributed by atoms with Crippen LogP contribution in [0.5, 0.6) is 0 Å². The standard InChI is InChI=1S/C29H23Cl2N5O4S/c1-34-28(40)36(23-8-21(30)7-22(31)9-23)27(39)29(34)15-35(12-24-6-19(14-41-24)26(37)38)13-25(29)18-4-2-17(3-5-18)20-10-32-16-33-11-20/h2-11,14,16,25H,12-13,15H2,1H3,(H,37,38)/t25?,29-/m1/s1. The molecule has 0 saturated carbocycles. The molecule has 4 aromatic rings. The van der Waals surface area contributed by atoms with Crippen molar-refractivity contribution in [2.24, 2.45) is 0 Å². The Morgan fingerprint density at radius 2 is 1.73 bits per heavy atom. The van der Waals surface area contributed by atoms with Gasteiger partial charge in [-0.15, -0.1) is 11.3 Å². The molecule has 41 heavy (non-hydrogen) atoms. The number of aromatic carboxylic acids is 1. The smallest absolute Gasteiger partial charge is 0.336 e. The predicted octanol–water partition coefficient (Wildman–Crippen LogP) is 5.65. The molecular weight excluding hydrogens is 585 g/mol. The van der Waals surface area contributed by atoms with Gasteiger partial charge in [0.05, 0.1) is 11.3 Å². The Bertz CT molecular complexity index is 1650. The number of likely N-dealkylation sites (N-methyl/N-ethyl adjacent to an activating group) is 1. The molecule has 1 N–H and O–H groups in total. The zero-order valence-corrected chi connectivity index (χ0v) is 24.0. The number of carbonyl (C=O) groups is 3. The number of carboxylic acid groups (broad SMARTS) is 1. The highest BCUT2D eigenvalue weighted by atomic mass is 35.5. The monoisotopic (exact) mass is 607 g/mol. The molecule has 2 aliphatic rings. The van der Waals surface area contributed by atoms with Crippen molar-refractivity contribution in [3.05, 3.63) is 98.7 Å². The molecule has 3 amide bonds. The van der Waals surface area contributed by atoms with E-state index in [9.17, 15) is 19.5 Å². The Labute approximate surface area is 249 Å². The van der Waals surface area contributed by atoms with Gasteiger partial charge in [-0.1, -0.05) is 47.5 Å². The molecule has 0 radical (unpaired) electrons. The number of halogens is 2. The average molecular weight is 609 g/mol. The maximum Gasteiger partial charge on any atom is 0.336 e. The molecule has 1 unspecified atom stereocenters. The maximum absolute atomic E-state index is 14.4. The molecule has 2 saturated heterocycles. The lowest BCUT2D eigenvalue weighted by Gasteiger charge is -2.34. The molecule has 2 aromatic heterocycles. The van der Waals surface area contributed by atoms with Crippen molar-refractivity contribution in [3.63, 3.8) is 0 Å². The van der Waals surface area contributed by atoms with Gasteiger partial charge in [0, 0.05) is 70.9 Å². The molecule has 1 spiro atoms. The van der Waals surface area contributed by atoms with Crippen LogP contribution < -0.4 is 4.90 Å². The lowest BCUT2D eigenvalue weighted by Crippen LogP contribution is -2.53. The van der Waals surface area contributed by atoms with Crippen LogP contribution in [0.25, 0.3) is 11.1 Å². The number of urea groups is 1. The first-order chi connectivity index (χ1) is 19.7. The summed E-state index contributed by atoms with van der Waals surface area (Å²) in [6.07, 6.45) is 4.93. The first-order valence-electron chi connectivity index (χ1n) is 12.6. The van der Waals surface area contributed by atoms with Crippen molar-refractivity contribution in [1.29, 1.82) is 0 Å². The summed E-state index contributed by atoms with van der Waals surface area (Å²) >= 11 is 13.8. The van der Waals surface area contributed by atoms with E-state index in [1.165, 1.54) is 22.6 Å². The molecule has 0 aliphatic carbocycles. The van der Waals surface area contributed by atoms with Gasteiger partial charge in [-0.2, -0.15) is 0 Å². The molecular formula is C29H23Cl2N5O4S. The van der Waals surface area contributed by atoms with Crippen LogP contribution in [0.2, 0.25) is 10.0 Å². The molecule has 0 bridgehead atoms. The molecule has 6 rings (SSSR count). The fourth-order valence-electron chi connectivity index (χ4n) is 5.78. The number of thiophene rings is 1. The van der Waals surface area contributed by atoms with Gasteiger partial charge in [-0.25, -0.2) is 24.5 Å². The molecule has 2 atom stereocenters. The summed E-state index contributed by atoms with van der Waals surface area (Å²) in [5, 5.41) is 11.6. The van der Waals surface area contributed by atoms with Crippen molar-refractivity contribution in [3.8, 4) is 11.1 Å². The minimum absolute atomic E-state index is 0.226. The second-order valence-corrected chi connectivity index (χ2v) is 12.0. The summed E-state index contributed by atoms with van der Waals surface area (Å²) in [5.74, 6) is -1.73.